The molecule has 0 spiro atoms. The van der Waals surface area contributed by atoms with Gasteiger partial charge in [-0.05, 0) is 79.8 Å². The van der Waals surface area contributed by atoms with Crippen LogP contribution < -0.4 is 11.3 Å². The molecular weight excluding hydrogens is 530 g/mol. The molecule has 9 nitrogen and oxygen atoms in total. The van der Waals surface area contributed by atoms with E-state index in [1.54, 1.807) is 4.57 Å². The summed E-state index contributed by atoms with van der Waals surface area (Å²) in [7, 11) is 0. The molecule has 3 fully saturated rings. The minimum Gasteiger partial charge on any atom is -0.460 e. The monoisotopic (exact) mass is 569 g/mol. The third kappa shape index (κ3) is 4.23. The molecular formula is C33H39N5O4. The summed E-state index contributed by atoms with van der Waals surface area (Å²) < 4.78 is 9.17. The first-order valence-electron chi connectivity index (χ1n) is 15.4. The van der Waals surface area contributed by atoms with Gasteiger partial charge in [-0.3, -0.25) is 19.0 Å². The van der Waals surface area contributed by atoms with Crippen LogP contribution in [0.15, 0.2) is 53.1 Å². The number of carbonyl (C=O) groups is 2. The summed E-state index contributed by atoms with van der Waals surface area (Å²) >= 11 is 0. The maximum atomic E-state index is 13.3. The van der Waals surface area contributed by atoms with Crippen molar-refractivity contribution in [1.82, 2.24) is 19.1 Å². The molecule has 2 heterocycles. The Bertz CT molecular complexity index is 1660. The predicted octanol–water partition coefficient (Wildman–Crippen LogP) is 4.67. The number of benzene rings is 1. The van der Waals surface area contributed by atoms with Crippen LogP contribution >= 0.6 is 0 Å². The highest BCUT2D eigenvalue weighted by molar-refractivity contribution is 5.91. The van der Waals surface area contributed by atoms with Gasteiger partial charge in [0.1, 0.15) is 12.6 Å². The lowest BCUT2D eigenvalue weighted by Gasteiger charge is -2.57. The zero-order valence-corrected chi connectivity index (χ0v) is 24.4. The number of nitrogen functional groups attached to an aromatic ring is 1. The topological polar surface area (TPSA) is 122 Å². The van der Waals surface area contributed by atoms with Gasteiger partial charge in [0.2, 0.25) is 5.95 Å². The van der Waals surface area contributed by atoms with Gasteiger partial charge in [0, 0.05) is 11.8 Å². The number of allylic oxidation sites excluding steroid dienone is 1. The fraction of sp³-hybridized carbons (Fsp3) is 0.545. The van der Waals surface area contributed by atoms with Crippen molar-refractivity contribution in [2.24, 2.45) is 28.6 Å². The molecule has 0 radical (unpaired) electrons. The Morgan fingerprint density at radius 1 is 1.05 bits per heavy atom. The van der Waals surface area contributed by atoms with E-state index >= 15 is 0 Å². The number of hydrogen-bond donors (Lipinski definition) is 1. The van der Waals surface area contributed by atoms with Crippen molar-refractivity contribution in [3.63, 3.8) is 0 Å². The van der Waals surface area contributed by atoms with E-state index in [1.165, 1.54) is 16.5 Å². The summed E-state index contributed by atoms with van der Waals surface area (Å²) in [4.78, 5) is 47.4. The molecule has 6 atom stereocenters. The van der Waals surface area contributed by atoms with E-state index in [4.69, 9.17) is 10.5 Å². The quantitative estimate of drug-likeness (QED) is 0.443. The number of ether oxygens (including phenoxy) is 1. The summed E-state index contributed by atoms with van der Waals surface area (Å²) in [6.45, 7) is 4.93. The van der Waals surface area contributed by atoms with E-state index in [1.807, 2.05) is 36.4 Å². The van der Waals surface area contributed by atoms with Crippen molar-refractivity contribution in [3.05, 3.63) is 64.2 Å². The Kier molecular flexibility index (Phi) is 6.40. The average Bonchev–Trinajstić information content (AvgIpc) is 3.52. The molecule has 4 aliphatic carbocycles. The van der Waals surface area contributed by atoms with Gasteiger partial charge in [0.25, 0.3) is 5.56 Å². The van der Waals surface area contributed by atoms with Crippen molar-refractivity contribution in [2.45, 2.75) is 84.4 Å². The number of ketones is 1. The zero-order valence-electron chi connectivity index (χ0n) is 24.4. The number of nitrogens with two attached hydrogens (primary N) is 1. The van der Waals surface area contributed by atoms with Crippen LogP contribution in [0, 0.1) is 28.6 Å². The predicted molar refractivity (Wildman–Crippen MR) is 158 cm³/mol. The first-order chi connectivity index (χ1) is 20.2. The standard InChI is InChI=1S/C33H39N5O4/c1-32-14-12-22(39)16-21(32)8-9-23-24-10-11-26(33(24,2)15-13-25(23)32)42-27(40)18-37-19-35-28-29(37)36-31(34)38(30(28)41)17-20-6-4-3-5-7-20/h3-7,16,19,23-26H,8-15,17-18H2,1-2H3,(H2,34,36)/t23-,24-,25-,26?,32-,33-/m0/s1. The minimum absolute atomic E-state index is 0.0518. The van der Waals surface area contributed by atoms with E-state index in [0.29, 0.717) is 36.4 Å². The van der Waals surface area contributed by atoms with Crippen LogP contribution in [0.25, 0.3) is 11.2 Å². The number of esters is 1. The Hall–Kier alpha value is -3.75. The highest BCUT2D eigenvalue weighted by atomic mass is 16.5. The summed E-state index contributed by atoms with van der Waals surface area (Å²) in [5.74, 6) is 1.74. The van der Waals surface area contributed by atoms with E-state index in [2.05, 4.69) is 23.8 Å². The number of imidazole rings is 1. The Morgan fingerprint density at radius 2 is 1.86 bits per heavy atom. The second-order valence-electron chi connectivity index (χ2n) is 13.5. The second kappa shape index (κ2) is 9.92. The van der Waals surface area contributed by atoms with Gasteiger partial charge < -0.3 is 15.0 Å². The van der Waals surface area contributed by atoms with Crippen molar-refractivity contribution in [3.8, 4) is 0 Å². The maximum absolute atomic E-state index is 13.3. The van der Waals surface area contributed by atoms with E-state index < -0.39 is 0 Å². The molecule has 2 N–H and O–H groups in total. The summed E-state index contributed by atoms with van der Waals surface area (Å²) in [5.41, 5.74) is 8.72. The number of carbonyl (C=O) groups excluding carboxylic acids is 2. The lowest BCUT2D eigenvalue weighted by atomic mass is 9.47. The fourth-order valence-electron chi connectivity index (χ4n) is 9.12. The molecule has 1 aromatic carbocycles. The minimum atomic E-state index is -0.344. The molecule has 7 rings (SSSR count). The van der Waals surface area contributed by atoms with E-state index in [9.17, 15) is 14.4 Å². The molecule has 3 saturated carbocycles. The van der Waals surface area contributed by atoms with Gasteiger partial charge in [-0.1, -0.05) is 49.8 Å². The van der Waals surface area contributed by atoms with Gasteiger partial charge in [0.15, 0.2) is 16.9 Å². The smallest absolute Gasteiger partial charge is 0.326 e. The highest BCUT2D eigenvalue weighted by Crippen LogP contribution is 2.65. The molecule has 4 aliphatic rings. The average molecular weight is 570 g/mol. The second-order valence-corrected chi connectivity index (χ2v) is 13.5. The van der Waals surface area contributed by atoms with Crippen molar-refractivity contribution in [2.75, 3.05) is 5.73 Å². The maximum Gasteiger partial charge on any atom is 0.326 e. The van der Waals surface area contributed by atoms with Crippen LogP contribution in [0.2, 0.25) is 0 Å². The first-order valence-corrected chi connectivity index (χ1v) is 15.4. The lowest BCUT2D eigenvalue weighted by molar-refractivity contribution is -0.160. The van der Waals surface area contributed by atoms with Crippen molar-refractivity contribution in [1.29, 1.82) is 0 Å². The number of fused-ring (bicyclic) bond motifs is 6. The fourth-order valence-corrected chi connectivity index (χ4v) is 9.12. The summed E-state index contributed by atoms with van der Waals surface area (Å²) in [6, 6.07) is 9.57. The third-order valence-corrected chi connectivity index (χ3v) is 11.4. The molecule has 42 heavy (non-hydrogen) atoms. The van der Waals surface area contributed by atoms with Gasteiger partial charge in [0.05, 0.1) is 12.9 Å². The van der Waals surface area contributed by atoms with Crippen LogP contribution in [0.4, 0.5) is 5.95 Å². The van der Waals surface area contributed by atoms with Crippen LogP contribution in [0.5, 0.6) is 0 Å². The van der Waals surface area contributed by atoms with Crippen LogP contribution in [-0.2, 0) is 27.4 Å². The highest BCUT2D eigenvalue weighted by Gasteiger charge is 2.60. The van der Waals surface area contributed by atoms with Crippen LogP contribution in [-0.4, -0.2) is 37.0 Å². The normalized spacial score (nSPS) is 32.1. The van der Waals surface area contributed by atoms with Gasteiger partial charge >= 0.3 is 5.97 Å². The number of rotatable bonds is 5. The zero-order chi connectivity index (χ0) is 29.2. The molecule has 0 saturated heterocycles. The Labute approximate surface area is 245 Å². The number of aromatic nitrogens is 4. The summed E-state index contributed by atoms with van der Waals surface area (Å²) in [6.07, 6.45) is 11.1. The van der Waals surface area contributed by atoms with Gasteiger partial charge in [-0.25, -0.2) is 4.98 Å². The number of nitrogens with zero attached hydrogens (tertiary/aromatic N) is 4. The molecule has 0 bridgehead atoms. The number of anilines is 1. The molecule has 0 amide bonds. The number of hydrogen-bond acceptors (Lipinski definition) is 7. The van der Waals surface area contributed by atoms with Crippen molar-refractivity contribution < 1.29 is 14.3 Å². The van der Waals surface area contributed by atoms with Crippen LogP contribution in [0.3, 0.4) is 0 Å². The van der Waals surface area contributed by atoms with Crippen molar-refractivity contribution >= 4 is 28.9 Å². The Morgan fingerprint density at radius 3 is 2.67 bits per heavy atom. The molecule has 1 unspecified atom stereocenters. The van der Waals surface area contributed by atoms with Gasteiger partial charge in [-0.15, -0.1) is 0 Å². The third-order valence-electron chi connectivity index (χ3n) is 11.4. The summed E-state index contributed by atoms with van der Waals surface area (Å²) in [5, 5.41) is 0. The molecule has 3 aromatic rings. The first kappa shape index (κ1) is 27.1. The Balaban J connectivity index is 1.06. The molecule has 220 valence electrons. The molecule has 2 aromatic heterocycles. The SMILES string of the molecule is C[C@]12CCC(=O)C=C1CC[C@@H]1[C@@H]2CC[C@]2(C)C(OC(=O)Cn3cnc4c(=O)n(Cc5ccccc5)c(N)nc43)CC[C@@H]12. The van der Waals surface area contributed by atoms with E-state index in [0.717, 1.165) is 50.5 Å². The molecule has 9 heteroatoms. The largest absolute Gasteiger partial charge is 0.460 e. The lowest BCUT2D eigenvalue weighted by Crippen LogP contribution is -2.51. The van der Waals surface area contributed by atoms with Gasteiger partial charge in [-0.2, -0.15) is 4.98 Å². The van der Waals surface area contributed by atoms with E-state index in [-0.39, 0.29) is 52.3 Å². The molecule has 0 aliphatic heterocycles. The van der Waals surface area contributed by atoms with Crippen LogP contribution in [0.1, 0.15) is 70.8 Å².